The van der Waals surface area contributed by atoms with Gasteiger partial charge in [-0.15, -0.1) is 0 Å². The number of benzene rings is 2. The van der Waals surface area contributed by atoms with Crippen LogP contribution < -0.4 is 0 Å². The van der Waals surface area contributed by atoms with Gasteiger partial charge in [0.15, 0.2) is 0 Å². The van der Waals surface area contributed by atoms with Crippen molar-refractivity contribution in [1.29, 1.82) is 0 Å². The zero-order chi connectivity index (χ0) is 15.5. The first kappa shape index (κ1) is 14.9. The van der Waals surface area contributed by atoms with Gasteiger partial charge >= 0.3 is 0 Å². The Morgan fingerprint density at radius 3 is 1.74 bits per heavy atom. The van der Waals surface area contributed by atoms with Crippen molar-refractivity contribution in [2.45, 2.75) is 31.3 Å². The largest absolute Gasteiger partial charge is 0.298 e. The first-order valence-corrected chi connectivity index (χ1v) is 9.00. The van der Waals surface area contributed by atoms with Crippen LogP contribution in [0.3, 0.4) is 0 Å². The highest BCUT2D eigenvalue weighted by atomic mass is 15.3. The van der Waals surface area contributed by atoms with Gasteiger partial charge in [-0.3, -0.25) is 9.80 Å². The SMILES string of the molecule is c1ccc(C(c2ccccc2)N2CC(N3CCCCC3)C2)cc1. The number of hydrogen-bond acceptors (Lipinski definition) is 2. The van der Waals surface area contributed by atoms with Gasteiger partial charge in [0, 0.05) is 19.1 Å². The molecule has 2 aliphatic rings. The van der Waals surface area contributed by atoms with Crippen LogP contribution in [0.2, 0.25) is 0 Å². The van der Waals surface area contributed by atoms with Crippen LogP contribution in [-0.4, -0.2) is 42.0 Å². The van der Waals surface area contributed by atoms with Gasteiger partial charge in [-0.05, 0) is 37.1 Å². The second-order valence-electron chi connectivity index (χ2n) is 6.93. The Bertz CT molecular complexity index is 559. The van der Waals surface area contributed by atoms with Crippen LogP contribution >= 0.6 is 0 Å². The van der Waals surface area contributed by atoms with E-state index in [4.69, 9.17) is 0 Å². The lowest BCUT2D eigenvalue weighted by Gasteiger charge is -2.50. The van der Waals surface area contributed by atoms with Gasteiger partial charge in [0.1, 0.15) is 0 Å². The van der Waals surface area contributed by atoms with Gasteiger partial charge in [0.05, 0.1) is 6.04 Å². The Labute approximate surface area is 139 Å². The Hall–Kier alpha value is -1.64. The van der Waals surface area contributed by atoms with Gasteiger partial charge in [-0.25, -0.2) is 0 Å². The molecule has 2 heterocycles. The van der Waals surface area contributed by atoms with Gasteiger partial charge in [-0.1, -0.05) is 67.1 Å². The summed E-state index contributed by atoms with van der Waals surface area (Å²) in [5.41, 5.74) is 2.83. The average molecular weight is 306 g/mol. The molecule has 2 aliphatic heterocycles. The monoisotopic (exact) mass is 306 g/mol. The maximum absolute atomic E-state index is 2.72. The van der Waals surface area contributed by atoms with Crippen molar-refractivity contribution >= 4 is 0 Å². The standard InChI is InChI=1S/C21H26N2/c1-4-10-18(11-5-1)21(19-12-6-2-7-13-19)23-16-20(17-23)22-14-8-3-9-15-22/h1-2,4-7,10-13,20-21H,3,8-9,14-17H2. The minimum absolute atomic E-state index is 0.401. The average Bonchev–Trinajstić information content (AvgIpc) is 2.60. The smallest absolute Gasteiger partial charge is 0.0602 e. The third-order valence-electron chi connectivity index (χ3n) is 5.39. The number of likely N-dealkylation sites (tertiary alicyclic amines) is 2. The van der Waals surface area contributed by atoms with Gasteiger partial charge in [-0.2, -0.15) is 0 Å². The minimum atomic E-state index is 0.401. The summed E-state index contributed by atoms with van der Waals surface area (Å²) in [4.78, 5) is 5.36. The summed E-state index contributed by atoms with van der Waals surface area (Å²) >= 11 is 0. The molecule has 0 aliphatic carbocycles. The molecular formula is C21H26N2. The van der Waals surface area contributed by atoms with Crippen LogP contribution in [0.25, 0.3) is 0 Å². The fourth-order valence-corrected chi connectivity index (χ4v) is 4.10. The topological polar surface area (TPSA) is 6.48 Å². The summed E-state index contributed by atoms with van der Waals surface area (Å²) in [6.07, 6.45) is 4.19. The molecule has 2 nitrogen and oxygen atoms in total. The van der Waals surface area contributed by atoms with Crippen molar-refractivity contribution in [3.05, 3.63) is 71.8 Å². The molecule has 23 heavy (non-hydrogen) atoms. The lowest BCUT2D eigenvalue weighted by atomic mass is 9.92. The van der Waals surface area contributed by atoms with E-state index in [-0.39, 0.29) is 0 Å². The fourth-order valence-electron chi connectivity index (χ4n) is 4.10. The maximum Gasteiger partial charge on any atom is 0.0602 e. The Morgan fingerprint density at radius 1 is 0.696 bits per heavy atom. The Kier molecular flexibility index (Phi) is 4.45. The van der Waals surface area contributed by atoms with E-state index < -0.39 is 0 Å². The molecule has 2 fully saturated rings. The Balaban J connectivity index is 1.51. The molecule has 2 saturated heterocycles. The number of rotatable bonds is 4. The van der Waals surface area contributed by atoms with Crippen LogP contribution in [0.4, 0.5) is 0 Å². The molecule has 0 unspecified atom stereocenters. The third-order valence-corrected chi connectivity index (χ3v) is 5.39. The maximum atomic E-state index is 2.72. The van der Waals surface area contributed by atoms with Gasteiger partial charge in [0.2, 0.25) is 0 Å². The van der Waals surface area contributed by atoms with E-state index in [1.807, 2.05) is 0 Å². The minimum Gasteiger partial charge on any atom is -0.298 e. The zero-order valence-corrected chi connectivity index (χ0v) is 13.8. The highest BCUT2D eigenvalue weighted by Gasteiger charge is 2.37. The third kappa shape index (κ3) is 3.19. The lowest BCUT2D eigenvalue weighted by molar-refractivity contribution is 0.00546. The van der Waals surface area contributed by atoms with Gasteiger partial charge < -0.3 is 0 Å². The summed E-state index contributed by atoms with van der Waals surface area (Å²) in [5, 5.41) is 0. The van der Waals surface area contributed by atoms with Crippen molar-refractivity contribution in [1.82, 2.24) is 9.80 Å². The second kappa shape index (κ2) is 6.86. The first-order chi connectivity index (χ1) is 11.4. The molecule has 0 N–H and O–H groups in total. The summed E-state index contributed by atoms with van der Waals surface area (Å²) in [7, 11) is 0. The molecule has 0 saturated carbocycles. The van der Waals surface area contributed by atoms with Crippen LogP contribution in [0.5, 0.6) is 0 Å². The van der Waals surface area contributed by atoms with E-state index in [1.54, 1.807) is 0 Å². The van der Waals surface area contributed by atoms with Crippen molar-refractivity contribution in [3.63, 3.8) is 0 Å². The van der Waals surface area contributed by atoms with Crippen LogP contribution in [0, 0.1) is 0 Å². The molecule has 0 aromatic heterocycles. The molecule has 0 radical (unpaired) electrons. The molecule has 4 rings (SSSR count). The quantitative estimate of drug-likeness (QED) is 0.844. The van der Waals surface area contributed by atoms with Crippen molar-refractivity contribution in [2.75, 3.05) is 26.2 Å². The number of nitrogens with zero attached hydrogens (tertiary/aromatic N) is 2. The highest BCUT2D eigenvalue weighted by molar-refractivity contribution is 5.32. The van der Waals surface area contributed by atoms with E-state index >= 15 is 0 Å². The highest BCUT2D eigenvalue weighted by Crippen LogP contribution is 2.34. The molecule has 0 atom stereocenters. The van der Waals surface area contributed by atoms with E-state index in [2.05, 4.69) is 70.5 Å². The van der Waals surface area contributed by atoms with Crippen LogP contribution in [-0.2, 0) is 0 Å². The predicted octanol–water partition coefficient (Wildman–Crippen LogP) is 3.95. The van der Waals surface area contributed by atoms with E-state index in [9.17, 15) is 0 Å². The normalized spacial score (nSPS) is 20.6. The summed E-state index contributed by atoms with van der Waals surface area (Å²) < 4.78 is 0. The summed E-state index contributed by atoms with van der Waals surface area (Å²) in [5.74, 6) is 0. The summed E-state index contributed by atoms with van der Waals surface area (Å²) in [6, 6.07) is 23.1. The predicted molar refractivity (Wildman–Crippen MR) is 95.5 cm³/mol. The summed E-state index contributed by atoms with van der Waals surface area (Å²) in [6.45, 7) is 5.02. The molecule has 0 spiro atoms. The molecule has 2 heteroatoms. The van der Waals surface area contributed by atoms with Crippen LogP contribution in [0.1, 0.15) is 36.4 Å². The van der Waals surface area contributed by atoms with Crippen molar-refractivity contribution < 1.29 is 0 Å². The molecule has 120 valence electrons. The molecule has 2 aromatic rings. The van der Waals surface area contributed by atoms with E-state index in [0.717, 1.165) is 6.04 Å². The van der Waals surface area contributed by atoms with Crippen molar-refractivity contribution in [2.24, 2.45) is 0 Å². The first-order valence-electron chi connectivity index (χ1n) is 9.00. The number of piperidine rings is 1. The van der Waals surface area contributed by atoms with Gasteiger partial charge in [0.25, 0.3) is 0 Å². The Morgan fingerprint density at radius 2 is 1.22 bits per heavy atom. The van der Waals surface area contributed by atoms with E-state index in [1.165, 1.54) is 56.6 Å². The molecule has 0 bridgehead atoms. The zero-order valence-electron chi connectivity index (χ0n) is 13.8. The fraction of sp³-hybridized carbons (Fsp3) is 0.429. The molecular weight excluding hydrogens is 280 g/mol. The molecule has 2 aromatic carbocycles. The van der Waals surface area contributed by atoms with Crippen molar-refractivity contribution in [3.8, 4) is 0 Å². The van der Waals surface area contributed by atoms with E-state index in [0.29, 0.717) is 6.04 Å². The lowest BCUT2D eigenvalue weighted by Crippen LogP contribution is -2.61. The number of hydrogen-bond donors (Lipinski definition) is 0. The van der Waals surface area contributed by atoms with Crippen LogP contribution in [0.15, 0.2) is 60.7 Å². The molecule has 0 amide bonds. The second-order valence-corrected chi connectivity index (χ2v) is 6.93.